The molecule has 0 saturated carbocycles. The number of hydrogen-bond donors (Lipinski definition) is 4. The van der Waals surface area contributed by atoms with E-state index in [0.717, 1.165) is 11.3 Å². The van der Waals surface area contributed by atoms with E-state index in [4.69, 9.17) is 31.0 Å². The maximum absolute atomic E-state index is 13.0. The van der Waals surface area contributed by atoms with Gasteiger partial charge >= 0.3 is 10.4 Å². The van der Waals surface area contributed by atoms with Gasteiger partial charge in [0.2, 0.25) is 0 Å². The first kappa shape index (κ1) is 26.9. The quantitative estimate of drug-likeness (QED) is 0.0701. The van der Waals surface area contributed by atoms with Gasteiger partial charge in [-0.2, -0.15) is 13.5 Å². The van der Waals surface area contributed by atoms with Gasteiger partial charge in [-0.1, -0.05) is 5.16 Å². The number of carbonyl (C=O) groups is 2. The van der Waals surface area contributed by atoms with Gasteiger partial charge in [0.25, 0.3) is 5.91 Å². The first-order valence-electron chi connectivity index (χ1n) is 10.2. The summed E-state index contributed by atoms with van der Waals surface area (Å²) in [4.78, 5) is 38.6. The first-order valence-corrected chi connectivity index (χ1v) is 12.4. The third kappa shape index (κ3) is 6.30. The second kappa shape index (κ2) is 10.5. The molecule has 1 saturated heterocycles. The standard InChI is InChI=1S/C19H23N7O8S2/c1-19(2)11(17(28)26(19)34-36(29,30)31)8-14(27)15(13-9-35-18(22)24-13)25-33-6-5-32-10-3-4-23-12(7-10)16(20)21/h3-4,7,9,11H,5-6,8H2,1-2H3,(H3,20,21)(H2,22,24)(H,29,30,31)/b25-15-/t11-/m1/s1. The van der Waals surface area contributed by atoms with Crippen molar-refractivity contribution < 1.29 is 36.4 Å². The van der Waals surface area contributed by atoms with Gasteiger partial charge in [-0.05, 0) is 19.9 Å². The minimum atomic E-state index is -4.92. The van der Waals surface area contributed by atoms with Gasteiger partial charge in [0.15, 0.2) is 23.2 Å². The van der Waals surface area contributed by atoms with Crippen molar-refractivity contribution >= 4 is 50.1 Å². The molecule has 1 amide bonds. The molecule has 15 nitrogen and oxygen atoms in total. The number of ketones is 1. The highest BCUT2D eigenvalue weighted by Crippen LogP contribution is 2.40. The maximum atomic E-state index is 13.0. The molecule has 0 aromatic carbocycles. The van der Waals surface area contributed by atoms with Crippen LogP contribution in [-0.2, 0) is 29.1 Å². The number of carbonyl (C=O) groups excluding carboxylic acids is 2. The summed E-state index contributed by atoms with van der Waals surface area (Å²) in [6.45, 7) is 2.90. The number of hydroxylamine groups is 2. The van der Waals surface area contributed by atoms with E-state index in [9.17, 15) is 18.0 Å². The van der Waals surface area contributed by atoms with Crippen molar-refractivity contribution in [2.45, 2.75) is 25.8 Å². The van der Waals surface area contributed by atoms with Crippen molar-refractivity contribution in [3.8, 4) is 5.75 Å². The molecule has 36 heavy (non-hydrogen) atoms. The molecule has 2 aromatic rings. The number of pyridine rings is 1. The predicted molar refractivity (Wildman–Crippen MR) is 126 cm³/mol. The van der Waals surface area contributed by atoms with Crippen molar-refractivity contribution in [2.75, 3.05) is 18.9 Å². The fourth-order valence-electron chi connectivity index (χ4n) is 3.24. The number of amides is 1. The molecule has 0 bridgehead atoms. The number of thiazole rings is 1. The molecule has 1 aliphatic heterocycles. The third-order valence-electron chi connectivity index (χ3n) is 5.07. The highest BCUT2D eigenvalue weighted by atomic mass is 32.3. The van der Waals surface area contributed by atoms with Gasteiger partial charge in [-0.15, -0.1) is 15.6 Å². The van der Waals surface area contributed by atoms with E-state index in [0.29, 0.717) is 10.8 Å². The van der Waals surface area contributed by atoms with Gasteiger partial charge in [0.05, 0.1) is 11.5 Å². The zero-order valence-corrected chi connectivity index (χ0v) is 20.7. The molecular formula is C19H23N7O8S2. The molecule has 6 N–H and O–H groups in total. The SMILES string of the molecule is CC1(C)[C@H](CC(=O)/C(=N\OCCOc2ccnc(C(=N)N)c2)c2csc(N)n2)C(=O)N1OS(=O)(=O)O. The van der Waals surface area contributed by atoms with Crippen LogP contribution in [0.3, 0.4) is 0 Å². The topological polar surface area (TPSA) is 233 Å². The van der Waals surface area contributed by atoms with E-state index in [1.165, 1.54) is 31.5 Å². The number of hydrogen-bond acceptors (Lipinski definition) is 13. The summed E-state index contributed by atoms with van der Waals surface area (Å²) in [5.41, 5.74) is 10.0. The second-order valence-electron chi connectivity index (χ2n) is 7.95. The molecule has 1 aliphatic rings. The van der Waals surface area contributed by atoms with Crippen molar-refractivity contribution in [1.82, 2.24) is 15.0 Å². The number of amidine groups is 1. The summed E-state index contributed by atoms with van der Waals surface area (Å²) >= 11 is 1.07. The van der Waals surface area contributed by atoms with E-state index in [1.54, 1.807) is 6.07 Å². The van der Waals surface area contributed by atoms with Crippen LogP contribution in [0, 0.1) is 11.3 Å². The summed E-state index contributed by atoms with van der Waals surface area (Å²) in [6.07, 6.45) is 1.07. The number of anilines is 1. The van der Waals surface area contributed by atoms with E-state index < -0.39 is 33.5 Å². The van der Waals surface area contributed by atoms with Crippen LogP contribution in [0.25, 0.3) is 0 Å². The Morgan fingerprint density at radius 2 is 2.08 bits per heavy atom. The van der Waals surface area contributed by atoms with Crippen LogP contribution in [0.2, 0.25) is 0 Å². The molecule has 0 spiro atoms. The number of aromatic nitrogens is 2. The Morgan fingerprint density at radius 3 is 2.67 bits per heavy atom. The number of nitrogens with one attached hydrogen (secondary N) is 1. The molecule has 194 valence electrons. The van der Waals surface area contributed by atoms with Crippen molar-refractivity contribution in [1.29, 1.82) is 5.41 Å². The highest BCUT2D eigenvalue weighted by Gasteiger charge is 2.57. The largest absolute Gasteiger partial charge is 0.490 e. The van der Waals surface area contributed by atoms with Gasteiger partial charge < -0.3 is 21.0 Å². The average Bonchev–Trinajstić information content (AvgIpc) is 3.23. The number of nitrogens with two attached hydrogens (primary N) is 2. The number of nitrogen functional groups attached to an aromatic ring is 2. The summed E-state index contributed by atoms with van der Waals surface area (Å²) in [7, 11) is -4.92. The number of nitrogens with zero attached hydrogens (tertiary/aromatic N) is 4. The molecule has 17 heteroatoms. The lowest BCUT2D eigenvalue weighted by molar-refractivity contribution is -0.228. The van der Waals surface area contributed by atoms with Crippen LogP contribution >= 0.6 is 11.3 Å². The van der Waals surface area contributed by atoms with Crippen LogP contribution in [-0.4, -0.2) is 70.0 Å². The minimum Gasteiger partial charge on any atom is -0.490 e. The molecule has 1 atom stereocenters. The molecule has 0 aliphatic carbocycles. The zero-order valence-electron chi connectivity index (χ0n) is 19.1. The van der Waals surface area contributed by atoms with Crippen molar-refractivity contribution in [3.63, 3.8) is 0 Å². The van der Waals surface area contributed by atoms with Gasteiger partial charge in [-0.25, -0.2) is 4.98 Å². The smallest absolute Gasteiger partial charge is 0.418 e. The minimum absolute atomic E-state index is 0.0294. The lowest BCUT2D eigenvalue weighted by atomic mass is 9.74. The zero-order chi connectivity index (χ0) is 26.7. The number of oxime groups is 1. The molecule has 0 unspecified atom stereocenters. The van der Waals surface area contributed by atoms with E-state index in [1.807, 2.05) is 0 Å². The Kier molecular flexibility index (Phi) is 7.87. The Bertz CT molecular complexity index is 1310. The van der Waals surface area contributed by atoms with E-state index >= 15 is 0 Å². The van der Waals surface area contributed by atoms with Crippen LogP contribution < -0.4 is 16.2 Å². The van der Waals surface area contributed by atoms with Gasteiger partial charge in [0.1, 0.15) is 29.6 Å². The highest BCUT2D eigenvalue weighted by molar-refractivity contribution is 7.80. The molecule has 3 rings (SSSR count). The van der Waals surface area contributed by atoms with E-state index in [2.05, 4.69) is 19.4 Å². The Balaban J connectivity index is 1.65. The summed E-state index contributed by atoms with van der Waals surface area (Å²) < 4.78 is 40.6. The lowest BCUT2D eigenvalue weighted by Gasteiger charge is -2.50. The number of Topliss-reactive ketones (excluding diaryl/α,β-unsaturated/α-hetero) is 1. The fraction of sp³-hybridized carbons (Fsp3) is 0.368. The van der Waals surface area contributed by atoms with Crippen molar-refractivity contribution in [2.24, 2.45) is 16.8 Å². The van der Waals surface area contributed by atoms with Crippen LogP contribution in [0.15, 0.2) is 28.9 Å². The number of ether oxygens (including phenoxy) is 1. The average molecular weight is 542 g/mol. The second-order valence-corrected chi connectivity index (χ2v) is 9.85. The van der Waals surface area contributed by atoms with Crippen LogP contribution in [0.4, 0.5) is 5.13 Å². The number of rotatable bonds is 12. The van der Waals surface area contributed by atoms with E-state index in [-0.39, 0.29) is 47.7 Å². The fourth-order valence-corrected chi connectivity index (χ4v) is 4.24. The monoisotopic (exact) mass is 541 g/mol. The Morgan fingerprint density at radius 1 is 1.36 bits per heavy atom. The Labute approximate surface area is 209 Å². The summed E-state index contributed by atoms with van der Waals surface area (Å²) in [5.74, 6) is -2.20. The molecule has 0 radical (unpaired) electrons. The van der Waals surface area contributed by atoms with Crippen LogP contribution in [0.5, 0.6) is 5.75 Å². The van der Waals surface area contributed by atoms with Gasteiger partial charge in [0, 0.05) is 24.1 Å². The first-order chi connectivity index (χ1) is 16.8. The summed E-state index contributed by atoms with van der Waals surface area (Å²) in [5, 5.41) is 13.4. The maximum Gasteiger partial charge on any atom is 0.418 e. The normalized spacial score (nSPS) is 17.4. The Hall–Kier alpha value is -3.67. The van der Waals surface area contributed by atoms with Crippen LogP contribution in [0.1, 0.15) is 31.7 Å². The number of β-lactam (4-membered cyclic amide) rings is 1. The molecule has 3 heterocycles. The molecular weight excluding hydrogens is 518 g/mol. The van der Waals surface area contributed by atoms with Crippen molar-refractivity contribution in [3.05, 3.63) is 35.1 Å². The predicted octanol–water partition coefficient (Wildman–Crippen LogP) is 0.135. The molecule has 1 fully saturated rings. The molecule has 2 aromatic heterocycles. The van der Waals surface area contributed by atoms with Gasteiger partial charge in [-0.3, -0.25) is 24.5 Å². The summed E-state index contributed by atoms with van der Waals surface area (Å²) in [6, 6.07) is 3.04. The third-order valence-corrected chi connectivity index (χ3v) is 6.08. The lowest BCUT2D eigenvalue weighted by Crippen LogP contribution is -2.68.